The number of rotatable bonds is 11. The Kier molecular flexibility index (Phi) is 9.28. The summed E-state index contributed by atoms with van der Waals surface area (Å²) < 4.78 is 22.1. The summed E-state index contributed by atoms with van der Waals surface area (Å²) in [4.78, 5) is 8.87. The first-order valence-corrected chi connectivity index (χ1v) is 14.9. The van der Waals surface area contributed by atoms with Crippen LogP contribution in [0.2, 0.25) is 19.6 Å². The van der Waals surface area contributed by atoms with E-state index in [0.29, 0.717) is 38.9 Å². The number of methoxy groups -OCH3 is 1. The van der Waals surface area contributed by atoms with Crippen molar-refractivity contribution < 1.29 is 18.9 Å². The van der Waals surface area contributed by atoms with Crippen molar-refractivity contribution in [2.24, 2.45) is 0 Å². The first-order valence-electron chi connectivity index (χ1n) is 11.4. The van der Waals surface area contributed by atoms with Crippen LogP contribution < -0.4 is 14.8 Å². The Labute approximate surface area is 202 Å². The number of fused-ring (bicyclic) bond motifs is 1. The van der Waals surface area contributed by atoms with Gasteiger partial charge in [-0.1, -0.05) is 25.6 Å². The number of aromatic nitrogens is 2. The molecule has 34 heavy (non-hydrogen) atoms. The fourth-order valence-electron chi connectivity index (χ4n) is 3.05. The van der Waals surface area contributed by atoms with Gasteiger partial charge in [-0.3, -0.25) is 0 Å². The molecular weight excluding hydrogens is 446 g/mol. The maximum absolute atomic E-state index is 5.93. The molecule has 0 radical (unpaired) electrons. The molecule has 1 heterocycles. The van der Waals surface area contributed by atoms with Crippen molar-refractivity contribution in [3.05, 3.63) is 48.3 Å². The Morgan fingerprint density at radius 3 is 2.47 bits per heavy atom. The third-order valence-corrected chi connectivity index (χ3v) is 5.49. The molecule has 3 aromatic rings. The SMILES string of the molecule is CCOCCOc1cc(C#C[Si](C)(C)C)cc(Nc2ncnc3cc(OCCOC)ccc23)c1. The van der Waals surface area contributed by atoms with E-state index in [-0.39, 0.29) is 0 Å². The van der Waals surface area contributed by atoms with E-state index in [1.807, 2.05) is 43.3 Å². The van der Waals surface area contributed by atoms with Gasteiger partial charge in [-0.25, -0.2) is 9.97 Å². The van der Waals surface area contributed by atoms with Crippen molar-refractivity contribution in [1.29, 1.82) is 0 Å². The lowest BCUT2D eigenvalue weighted by Crippen LogP contribution is -2.16. The molecule has 0 aliphatic carbocycles. The van der Waals surface area contributed by atoms with Crippen molar-refractivity contribution in [1.82, 2.24) is 9.97 Å². The third kappa shape index (κ3) is 8.03. The maximum atomic E-state index is 5.93. The van der Waals surface area contributed by atoms with E-state index in [0.717, 1.165) is 33.7 Å². The van der Waals surface area contributed by atoms with E-state index >= 15 is 0 Å². The van der Waals surface area contributed by atoms with Crippen LogP contribution in [-0.2, 0) is 9.47 Å². The molecule has 0 amide bonds. The fourth-order valence-corrected chi connectivity index (χ4v) is 3.57. The number of ether oxygens (including phenoxy) is 4. The van der Waals surface area contributed by atoms with Crippen LogP contribution >= 0.6 is 0 Å². The molecule has 0 saturated heterocycles. The predicted molar refractivity (Wildman–Crippen MR) is 139 cm³/mol. The van der Waals surface area contributed by atoms with Gasteiger partial charge in [-0.2, -0.15) is 0 Å². The van der Waals surface area contributed by atoms with Gasteiger partial charge >= 0.3 is 0 Å². The summed E-state index contributed by atoms with van der Waals surface area (Å²) in [5.41, 5.74) is 5.95. The minimum atomic E-state index is -1.52. The largest absolute Gasteiger partial charge is 0.491 e. The van der Waals surface area contributed by atoms with Crippen molar-refractivity contribution in [2.75, 3.05) is 45.5 Å². The second kappa shape index (κ2) is 12.4. The van der Waals surface area contributed by atoms with Crippen LogP contribution in [0, 0.1) is 11.5 Å². The topological polar surface area (TPSA) is 74.7 Å². The van der Waals surface area contributed by atoms with Crippen LogP contribution in [0.4, 0.5) is 11.5 Å². The Hall–Kier alpha value is -3.12. The van der Waals surface area contributed by atoms with Gasteiger partial charge in [0.15, 0.2) is 0 Å². The first-order chi connectivity index (χ1) is 16.4. The molecule has 0 atom stereocenters. The zero-order valence-corrected chi connectivity index (χ0v) is 21.6. The normalized spacial score (nSPS) is 11.1. The van der Waals surface area contributed by atoms with E-state index < -0.39 is 8.07 Å². The van der Waals surface area contributed by atoms with Crippen molar-refractivity contribution in [2.45, 2.75) is 26.6 Å². The molecule has 0 saturated carbocycles. The Bertz CT molecular complexity index is 1150. The highest BCUT2D eigenvalue weighted by Gasteiger charge is 2.10. The van der Waals surface area contributed by atoms with Crippen molar-refractivity contribution in [3.63, 3.8) is 0 Å². The highest BCUT2D eigenvalue weighted by molar-refractivity contribution is 6.83. The summed E-state index contributed by atoms with van der Waals surface area (Å²) in [5.74, 6) is 5.49. The second-order valence-electron chi connectivity index (χ2n) is 8.66. The van der Waals surface area contributed by atoms with Gasteiger partial charge in [0.25, 0.3) is 0 Å². The average molecular weight is 480 g/mol. The van der Waals surface area contributed by atoms with E-state index in [1.165, 1.54) is 6.33 Å². The molecule has 1 N–H and O–H groups in total. The molecule has 0 aliphatic heterocycles. The highest BCUT2D eigenvalue weighted by Crippen LogP contribution is 2.28. The molecule has 0 bridgehead atoms. The summed E-state index contributed by atoms with van der Waals surface area (Å²) in [6.07, 6.45) is 1.54. The summed E-state index contributed by atoms with van der Waals surface area (Å²) in [6, 6.07) is 11.7. The number of anilines is 2. The number of nitrogens with one attached hydrogen (secondary N) is 1. The van der Waals surface area contributed by atoms with Crippen LogP contribution in [0.15, 0.2) is 42.7 Å². The molecule has 7 nitrogen and oxygen atoms in total. The standard InChI is InChI=1S/C26H33N3O4Si/c1-6-31-11-13-33-23-16-20(9-14-34(3,4)5)15-21(17-23)29-26-24-8-7-22(32-12-10-30-2)18-25(24)27-19-28-26/h7-8,15-19H,6,10-13H2,1-5H3,(H,27,28,29). The Morgan fingerprint density at radius 1 is 0.912 bits per heavy atom. The van der Waals surface area contributed by atoms with Gasteiger partial charge in [0, 0.05) is 42.5 Å². The lowest BCUT2D eigenvalue weighted by molar-refractivity contribution is 0.110. The summed E-state index contributed by atoms with van der Waals surface area (Å²) in [6.45, 7) is 11.3. The first kappa shape index (κ1) is 25.5. The lowest BCUT2D eigenvalue weighted by Gasteiger charge is -2.13. The molecule has 3 rings (SSSR count). The molecule has 8 heteroatoms. The maximum Gasteiger partial charge on any atom is 0.141 e. The smallest absolute Gasteiger partial charge is 0.141 e. The summed E-state index contributed by atoms with van der Waals surface area (Å²) in [7, 11) is 0.127. The van der Waals surface area contributed by atoms with Crippen LogP contribution in [-0.4, -0.2) is 58.2 Å². The van der Waals surface area contributed by atoms with Crippen LogP contribution in [0.1, 0.15) is 12.5 Å². The molecule has 0 unspecified atom stereocenters. The van der Waals surface area contributed by atoms with E-state index in [1.54, 1.807) is 7.11 Å². The lowest BCUT2D eigenvalue weighted by atomic mass is 10.1. The number of nitrogens with zero attached hydrogens (tertiary/aromatic N) is 2. The van der Waals surface area contributed by atoms with Crippen LogP contribution in [0.5, 0.6) is 11.5 Å². The monoisotopic (exact) mass is 479 g/mol. The van der Waals surface area contributed by atoms with Gasteiger partial charge < -0.3 is 24.3 Å². The van der Waals surface area contributed by atoms with Crippen molar-refractivity contribution in [3.8, 4) is 23.0 Å². The molecular formula is C26H33N3O4Si. The van der Waals surface area contributed by atoms with Gasteiger partial charge in [-0.15, -0.1) is 5.54 Å². The van der Waals surface area contributed by atoms with E-state index in [4.69, 9.17) is 18.9 Å². The predicted octanol–water partition coefficient (Wildman–Crippen LogP) is 5.04. The minimum Gasteiger partial charge on any atom is -0.491 e. The Morgan fingerprint density at radius 2 is 1.71 bits per heavy atom. The van der Waals surface area contributed by atoms with Gasteiger partial charge in [0.2, 0.25) is 0 Å². The second-order valence-corrected chi connectivity index (χ2v) is 13.4. The molecule has 180 valence electrons. The zero-order chi connectivity index (χ0) is 24.4. The highest BCUT2D eigenvalue weighted by atomic mass is 28.3. The fraction of sp³-hybridized carbons (Fsp3) is 0.385. The third-order valence-electron chi connectivity index (χ3n) is 4.62. The molecule has 2 aromatic carbocycles. The number of hydrogen-bond donors (Lipinski definition) is 1. The minimum absolute atomic E-state index is 0.473. The molecule has 1 aromatic heterocycles. The van der Waals surface area contributed by atoms with Crippen molar-refractivity contribution >= 4 is 30.5 Å². The Balaban J connectivity index is 1.88. The van der Waals surface area contributed by atoms with Gasteiger partial charge in [0.05, 0.1) is 18.7 Å². The number of hydrogen-bond acceptors (Lipinski definition) is 7. The zero-order valence-electron chi connectivity index (χ0n) is 20.6. The molecule has 0 fully saturated rings. The van der Waals surface area contributed by atoms with Gasteiger partial charge in [-0.05, 0) is 31.2 Å². The van der Waals surface area contributed by atoms with E-state index in [2.05, 4.69) is 46.4 Å². The van der Waals surface area contributed by atoms with Gasteiger partial charge in [0.1, 0.15) is 44.9 Å². The number of benzene rings is 2. The average Bonchev–Trinajstić information content (AvgIpc) is 2.80. The van der Waals surface area contributed by atoms with Crippen LogP contribution in [0.3, 0.4) is 0 Å². The quantitative estimate of drug-likeness (QED) is 0.234. The van der Waals surface area contributed by atoms with Crippen LogP contribution in [0.25, 0.3) is 10.9 Å². The molecule has 0 spiro atoms. The van der Waals surface area contributed by atoms with E-state index in [9.17, 15) is 0 Å². The summed E-state index contributed by atoms with van der Waals surface area (Å²) in [5, 5.41) is 4.31. The molecule has 0 aliphatic rings. The summed E-state index contributed by atoms with van der Waals surface area (Å²) >= 11 is 0.